The SMILES string of the molecule is COc1ccc(N(c2ccc(OC)cc2)c2ccccc2-c2ccc3c(c2)-c2ccccc2S32(=O)c3ccccc3-c3cc(-c4ccccc4N(c4ccc(OC)cc4)c4ccc(OC)cc4)ccc32)cc1. The van der Waals surface area contributed by atoms with Crippen molar-refractivity contribution in [3.05, 3.63) is 231 Å². The zero-order chi connectivity index (χ0) is 49.0. The first-order valence-corrected chi connectivity index (χ1v) is 25.8. The fourth-order valence-electron chi connectivity index (χ4n) is 10.9. The highest BCUT2D eigenvalue weighted by atomic mass is 32.3. The number of para-hydroxylation sites is 2. The second kappa shape index (κ2) is 17.5. The van der Waals surface area contributed by atoms with Crippen LogP contribution in [0.25, 0.3) is 44.5 Å². The molecule has 0 fully saturated rings. The molecule has 0 saturated heterocycles. The van der Waals surface area contributed by atoms with Crippen LogP contribution in [0.1, 0.15) is 0 Å². The van der Waals surface area contributed by atoms with E-state index in [1.54, 1.807) is 28.4 Å². The van der Waals surface area contributed by atoms with E-state index in [-0.39, 0.29) is 0 Å². The van der Waals surface area contributed by atoms with E-state index >= 15 is 4.21 Å². The summed E-state index contributed by atoms with van der Waals surface area (Å²) in [5.74, 6) is 3.11. The lowest BCUT2D eigenvalue weighted by Crippen LogP contribution is -2.30. The molecule has 0 aliphatic carbocycles. The highest BCUT2D eigenvalue weighted by Crippen LogP contribution is 2.71. The van der Waals surface area contributed by atoms with Gasteiger partial charge in [-0.05, 0) is 179 Å². The number of benzene rings is 10. The molecule has 0 radical (unpaired) electrons. The lowest BCUT2D eigenvalue weighted by Gasteiger charge is -2.38. The maximum atomic E-state index is 17.8. The van der Waals surface area contributed by atoms with Gasteiger partial charge in [0.05, 0.1) is 39.8 Å². The number of hydrogen-bond donors (Lipinski definition) is 0. The van der Waals surface area contributed by atoms with Crippen LogP contribution in [0, 0.1) is 0 Å². The van der Waals surface area contributed by atoms with Crippen LogP contribution in [0.2, 0.25) is 0 Å². The predicted octanol–water partition coefficient (Wildman–Crippen LogP) is 16.3. The minimum atomic E-state index is -4.19. The van der Waals surface area contributed by atoms with Crippen molar-refractivity contribution in [3.8, 4) is 67.5 Å². The molecule has 10 aromatic rings. The van der Waals surface area contributed by atoms with E-state index in [4.69, 9.17) is 18.9 Å². The molecule has 2 aliphatic rings. The molecule has 0 amide bonds. The molecular formula is C64H50N2O5S. The first-order chi connectivity index (χ1) is 35.3. The van der Waals surface area contributed by atoms with Crippen molar-refractivity contribution >= 4 is 43.2 Å². The Morgan fingerprint density at radius 2 is 0.569 bits per heavy atom. The summed E-state index contributed by atoms with van der Waals surface area (Å²) in [6.07, 6.45) is 0. The van der Waals surface area contributed by atoms with E-state index in [1.165, 1.54) is 0 Å². The number of methoxy groups -OCH3 is 4. The van der Waals surface area contributed by atoms with Gasteiger partial charge in [0.15, 0.2) is 0 Å². The molecule has 7 nitrogen and oxygen atoms in total. The summed E-state index contributed by atoms with van der Waals surface area (Å²) in [6.45, 7) is 0. The van der Waals surface area contributed by atoms with Gasteiger partial charge in [-0.25, -0.2) is 0 Å². The average molecular weight is 959 g/mol. The number of hydrogen-bond acceptors (Lipinski definition) is 7. The van der Waals surface area contributed by atoms with E-state index in [2.05, 4.69) is 180 Å². The maximum absolute atomic E-state index is 17.8. The molecule has 0 aromatic heterocycles. The van der Waals surface area contributed by atoms with Crippen LogP contribution in [-0.4, -0.2) is 32.6 Å². The van der Waals surface area contributed by atoms with Gasteiger partial charge >= 0.3 is 0 Å². The van der Waals surface area contributed by atoms with Crippen molar-refractivity contribution in [1.82, 2.24) is 0 Å². The van der Waals surface area contributed by atoms with Crippen molar-refractivity contribution in [2.75, 3.05) is 38.2 Å². The minimum Gasteiger partial charge on any atom is -0.497 e. The van der Waals surface area contributed by atoms with Gasteiger partial charge in [0.1, 0.15) is 23.0 Å². The van der Waals surface area contributed by atoms with Crippen molar-refractivity contribution in [3.63, 3.8) is 0 Å². The van der Waals surface area contributed by atoms with Gasteiger partial charge in [-0.15, -0.1) is 0 Å². The van der Waals surface area contributed by atoms with E-state index in [0.717, 1.165) is 121 Å². The maximum Gasteiger partial charge on any atom is 0.119 e. The Bertz CT molecular complexity index is 3420. The van der Waals surface area contributed by atoms with Crippen LogP contribution in [0.15, 0.2) is 250 Å². The molecule has 2 aliphatic heterocycles. The number of nitrogens with zero attached hydrogens (tertiary/aromatic N) is 2. The Morgan fingerprint density at radius 1 is 0.292 bits per heavy atom. The number of ether oxygens (including phenoxy) is 4. The monoisotopic (exact) mass is 958 g/mol. The molecule has 0 unspecified atom stereocenters. The number of fused-ring (bicyclic) bond motifs is 10. The van der Waals surface area contributed by atoms with Crippen LogP contribution in [0.3, 0.4) is 0 Å². The average Bonchev–Trinajstić information content (AvgIpc) is 3.83. The molecule has 0 bridgehead atoms. The summed E-state index contributed by atoms with van der Waals surface area (Å²) in [6, 6.07) is 79.1. The van der Waals surface area contributed by atoms with Crippen LogP contribution in [-0.2, 0) is 9.07 Å². The molecular weight excluding hydrogens is 909 g/mol. The van der Waals surface area contributed by atoms with E-state index in [9.17, 15) is 0 Å². The number of anilines is 6. The van der Waals surface area contributed by atoms with Crippen LogP contribution in [0.4, 0.5) is 34.1 Å². The Morgan fingerprint density at radius 3 is 0.889 bits per heavy atom. The molecule has 352 valence electrons. The summed E-state index contributed by atoms with van der Waals surface area (Å²) in [5, 5.41) is 0. The Kier molecular flexibility index (Phi) is 10.8. The fraction of sp³-hybridized carbons (Fsp3) is 0.0625. The predicted molar refractivity (Wildman–Crippen MR) is 291 cm³/mol. The largest absolute Gasteiger partial charge is 0.497 e. The quantitative estimate of drug-likeness (QED) is 0.121. The van der Waals surface area contributed by atoms with Crippen molar-refractivity contribution in [1.29, 1.82) is 0 Å². The van der Waals surface area contributed by atoms with E-state index in [1.807, 2.05) is 60.7 Å². The molecule has 0 saturated carbocycles. The fourth-order valence-corrected chi connectivity index (χ4v) is 16.0. The Labute approximate surface area is 420 Å². The normalized spacial score (nSPS) is 13.6. The third kappa shape index (κ3) is 6.74. The van der Waals surface area contributed by atoms with Crippen molar-refractivity contribution < 1.29 is 23.2 Å². The molecule has 0 N–H and O–H groups in total. The van der Waals surface area contributed by atoms with Crippen LogP contribution >= 0.6 is 0 Å². The van der Waals surface area contributed by atoms with Gasteiger partial charge in [0.25, 0.3) is 0 Å². The molecule has 1 spiro atoms. The summed E-state index contributed by atoms with van der Waals surface area (Å²) in [7, 11) is 2.53. The Hall–Kier alpha value is -8.85. The smallest absolute Gasteiger partial charge is 0.119 e. The molecule has 2 heterocycles. The van der Waals surface area contributed by atoms with Crippen LogP contribution < -0.4 is 28.7 Å². The topological polar surface area (TPSA) is 60.5 Å². The highest BCUT2D eigenvalue weighted by Gasteiger charge is 2.57. The highest BCUT2D eigenvalue weighted by molar-refractivity contribution is 8.21. The lowest BCUT2D eigenvalue weighted by molar-refractivity contribution is 0.414. The van der Waals surface area contributed by atoms with Crippen LogP contribution in [0.5, 0.6) is 23.0 Å². The number of rotatable bonds is 12. The van der Waals surface area contributed by atoms with Gasteiger partial charge in [0, 0.05) is 62.5 Å². The molecule has 0 atom stereocenters. The van der Waals surface area contributed by atoms with E-state index in [0.29, 0.717) is 0 Å². The molecule has 8 heteroatoms. The third-order valence-corrected chi connectivity index (χ3v) is 19.0. The van der Waals surface area contributed by atoms with Gasteiger partial charge in [0.2, 0.25) is 0 Å². The summed E-state index contributed by atoms with van der Waals surface area (Å²) in [5.41, 5.74) is 13.8. The Balaban J connectivity index is 1.03. The standard InChI is InChI=1S/C64H50N2O5S/c1-68-49-31-23-45(24-32-49)65(46-25-33-50(69-2)34-26-46)59-17-9-5-13-53(59)43-21-39-63-57(41-43)55-15-7-11-19-61(55)72(63,67)62-20-12-8-16-56(62)58-42-44(22-40-64(58)72)54-14-6-10-18-60(54)66(47-27-35-51(70-3)36-28-47)48-29-37-52(71-4)38-30-48/h5-42H,1-4H3. The molecule has 72 heavy (non-hydrogen) atoms. The zero-order valence-corrected chi connectivity index (χ0v) is 41.1. The van der Waals surface area contributed by atoms with E-state index < -0.39 is 9.07 Å². The van der Waals surface area contributed by atoms with Gasteiger partial charge < -0.3 is 28.7 Å². The molecule has 12 rings (SSSR count). The van der Waals surface area contributed by atoms with Gasteiger partial charge in [-0.3, -0.25) is 4.21 Å². The van der Waals surface area contributed by atoms with Gasteiger partial charge in [-0.1, -0.05) is 84.9 Å². The first kappa shape index (κ1) is 44.4. The zero-order valence-electron chi connectivity index (χ0n) is 40.3. The van der Waals surface area contributed by atoms with Gasteiger partial charge in [-0.2, -0.15) is 0 Å². The lowest BCUT2D eigenvalue weighted by atomic mass is 9.97. The van der Waals surface area contributed by atoms with Crippen molar-refractivity contribution in [2.45, 2.75) is 19.6 Å². The summed E-state index contributed by atoms with van der Waals surface area (Å²) in [4.78, 5) is 7.81. The second-order valence-electron chi connectivity index (χ2n) is 17.9. The molecule has 10 aromatic carbocycles. The van der Waals surface area contributed by atoms with Crippen molar-refractivity contribution in [2.24, 2.45) is 0 Å². The summed E-state index contributed by atoms with van der Waals surface area (Å²) < 4.78 is 40.1. The third-order valence-electron chi connectivity index (χ3n) is 14.2. The first-order valence-electron chi connectivity index (χ1n) is 23.8. The second-order valence-corrected chi connectivity index (χ2v) is 21.5. The summed E-state index contributed by atoms with van der Waals surface area (Å²) >= 11 is 0. The minimum absolute atomic E-state index is 0.778.